The molecule has 158 valence electrons. The van der Waals surface area contributed by atoms with Gasteiger partial charge in [0.15, 0.2) is 0 Å². The largest absolute Gasteiger partial charge is 0.383 e. The molecule has 1 fully saturated rings. The molecule has 2 aromatic heterocycles. The number of amidine groups is 1. The average molecular weight is 429 g/mol. The van der Waals surface area contributed by atoms with E-state index in [4.69, 9.17) is 17.3 Å². The Balaban J connectivity index is 1.67. The van der Waals surface area contributed by atoms with Gasteiger partial charge >= 0.3 is 0 Å². The molecule has 8 heteroatoms. The van der Waals surface area contributed by atoms with Gasteiger partial charge in [-0.1, -0.05) is 11.6 Å². The number of nitrogens with zero attached hydrogens (tertiary/aromatic N) is 4. The molecule has 3 N–H and O–H groups in total. The number of anilines is 1. The molecule has 6 nitrogen and oxygen atoms in total. The summed E-state index contributed by atoms with van der Waals surface area (Å²) in [6, 6.07) is 8.32. The SMILES string of the molecule is CN(C)C[C@@H]1CC[C@H](Nc2c(C(N)=Nc3cc(F)ccc3Cl)cnn3cccc23)C1. The first kappa shape index (κ1) is 20.6. The average Bonchev–Trinajstić information content (AvgIpc) is 3.34. The maximum atomic E-state index is 13.6. The molecule has 3 aromatic rings. The van der Waals surface area contributed by atoms with E-state index in [-0.39, 0.29) is 5.84 Å². The maximum absolute atomic E-state index is 13.6. The highest BCUT2D eigenvalue weighted by Crippen LogP contribution is 2.32. The Morgan fingerprint density at radius 1 is 1.37 bits per heavy atom. The Morgan fingerprint density at radius 2 is 2.20 bits per heavy atom. The van der Waals surface area contributed by atoms with Crippen LogP contribution in [-0.4, -0.2) is 47.0 Å². The van der Waals surface area contributed by atoms with Crippen LogP contribution in [0.15, 0.2) is 47.7 Å². The normalized spacial score (nSPS) is 19.7. The summed E-state index contributed by atoms with van der Waals surface area (Å²) in [5.74, 6) is 0.495. The molecular weight excluding hydrogens is 403 g/mol. The van der Waals surface area contributed by atoms with Crippen molar-refractivity contribution in [3.63, 3.8) is 0 Å². The van der Waals surface area contributed by atoms with E-state index in [1.807, 2.05) is 18.3 Å². The van der Waals surface area contributed by atoms with Gasteiger partial charge in [0.05, 0.1) is 33.7 Å². The van der Waals surface area contributed by atoms with Crippen LogP contribution in [0.3, 0.4) is 0 Å². The summed E-state index contributed by atoms with van der Waals surface area (Å²) in [6.45, 7) is 1.09. The van der Waals surface area contributed by atoms with Crippen molar-refractivity contribution in [2.45, 2.75) is 25.3 Å². The van der Waals surface area contributed by atoms with Crippen LogP contribution >= 0.6 is 11.6 Å². The van der Waals surface area contributed by atoms with Gasteiger partial charge in [-0.05, 0) is 63.5 Å². The third-order valence-corrected chi connectivity index (χ3v) is 5.82. The minimum atomic E-state index is -0.414. The van der Waals surface area contributed by atoms with Crippen molar-refractivity contribution in [2.75, 3.05) is 26.0 Å². The summed E-state index contributed by atoms with van der Waals surface area (Å²) in [4.78, 5) is 6.64. The van der Waals surface area contributed by atoms with Gasteiger partial charge in [-0.15, -0.1) is 0 Å². The molecule has 30 heavy (non-hydrogen) atoms. The molecule has 1 aromatic carbocycles. The van der Waals surface area contributed by atoms with E-state index in [0.717, 1.165) is 30.6 Å². The zero-order valence-corrected chi connectivity index (χ0v) is 17.9. The highest BCUT2D eigenvalue weighted by Gasteiger charge is 2.26. The number of aromatic nitrogens is 2. The molecule has 0 spiro atoms. The molecule has 1 aliphatic rings. The zero-order valence-electron chi connectivity index (χ0n) is 17.1. The van der Waals surface area contributed by atoms with E-state index in [2.05, 4.69) is 34.4 Å². The number of hydrogen-bond donors (Lipinski definition) is 2. The van der Waals surface area contributed by atoms with Crippen LogP contribution < -0.4 is 11.1 Å². The van der Waals surface area contributed by atoms with Gasteiger partial charge in [0, 0.05) is 24.8 Å². The lowest BCUT2D eigenvalue weighted by molar-refractivity contribution is 0.327. The van der Waals surface area contributed by atoms with Gasteiger partial charge < -0.3 is 16.0 Å². The summed E-state index contributed by atoms with van der Waals surface area (Å²) in [7, 11) is 4.22. The van der Waals surface area contributed by atoms with E-state index < -0.39 is 5.82 Å². The maximum Gasteiger partial charge on any atom is 0.135 e. The molecule has 0 saturated heterocycles. The number of aliphatic imine (C=N–C) groups is 1. The third-order valence-electron chi connectivity index (χ3n) is 5.50. The van der Waals surface area contributed by atoms with E-state index in [1.54, 1.807) is 10.7 Å². The molecule has 2 heterocycles. The molecule has 0 bridgehead atoms. The number of benzene rings is 1. The van der Waals surface area contributed by atoms with Crippen molar-refractivity contribution < 1.29 is 4.39 Å². The van der Waals surface area contributed by atoms with Gasteiger partial charge in [0.1, 0.15) is 11.7 Å². The molecule has 0 radical (unpaired) electrons. The molecule has 0 amide bonds. The molecule has 0 unspecified atom stereocenters. The molecule has 2 atom stereocenters. The highest BCUT2D eigenvalue weighted by atomic mass is 35.5. The quantitative estimate of drug-likeness (QED) is 0.453. The van der Waals surface area contributed by atoms with Gasteiger partial charge in [-0.2, -0.15) is 5.10 Å². The van der Waals surface area contributed by atoms with E-state index >= 15 is 0 Å². The molecular formula is C22H26ClFN6. The second-order valence-corrected chi connectivity index (χ2v) is 8.55. The molecule has 1 saturated carbocycles. The number of rotatable bonds is 6. The Kier molecular flexibility index (Phi) is 5.92. The first-order valence-corrected chi connectivity index (χ1v) is 10.5. The summed E-state index contributed by atoms with van der Waals surface area (Å²) in [6.07, 6.45) is 6.97. The number of hydrogen-bond acceptors (Lipinski definition) is 4. The predicted molar refractivity (Wildman–Crippen MR) is 120 cm³/mol. The van der Waals surface area contributed by atoms with Gasteiger partial charge in [-0.25, -0.2) is 13.9 Å². The van der Waals surface area contributed by atoms with E-state index in [1.165, 1.54) is 24.6 Å². The van der Waals surface area contributed by atoms with Crippen molar-refractivity contribution in [1.29, 1.82) is 0 Å². The lowest BCUT2D eigenvalue weighted by atomic mass is 10.1. The van der Waals surface area contributed by atoms with Crippen molar-refractivity contribution in [3.05, 3.63) is 59.1 Å². The summed E-state index contributed by atoms with van der Waals surface area (Å²) in [5.41, 5.74) is 9.13. The van der Waals surface area contributed by atoms with Crippen molar-refractivity contribution >= 4 is 34.3 Å². The summed E-state index contributed by atoms with van der Waals surface area (Å²) < 4.78 is 15.4. The van der Waals surface area contributed by atoms with E-state index in [0.29, 0.717) is 28.2 Å². The second kappa shape index (κ2) is 8.62. The van der Waals surface area contributed by atoms with E-state index in [9.17, 15) is 4.39 Å². The van der Waals surface area contributed by atoms with Crippen molar-refractivity contribution in [1.82, 2.24) is 14.5 Å². The van der Waals surface area contributed by atoms with Crippen LogP contribution in [0.2, 0.25) is 5.02 Å². The minimum absolute atomic E-state index is 0.240. The lowest BCUT2D eigenvalue weighted by Gasteiger charge is -2.20. The lowest BCUT2D eigenvalue weighted by Crippen LogP contribution is -2.24. The number of fused-ring (bicyclic) bond motifs is 1. The standard InChI is InChI=1S/C22H26ClFN6/c1-29(2)13-14-5-7-16(10-14)27-21-17(12-26-30-9-3-4-20(21)30)22(25)28-19-11-15(24)6-8-18(19)23/h3-4,6,8-9,11-12,14,16,27H,5,7,10,13H2,1-2H3,(H2,25,28)/t14-,16+/m1/s1. The highest BCUT2D eigenvalue weighted by molar-refractivity contribution is 6.33. The van der Waals surface area contributed by atoms with Gasteiger partial charge in [0.2, 0.25) is 0 Å². The van der Waals surface area contributed by atoms with Crippen LogP contribution in [0.1, 0.15) is 24.8 Å². The predicted octanol–water partition coefficient (Wildman–Crippen LogP) is 4.31. The monoisotopic (exact) mass is 428 g/mol. The second-order valence-electron chi connectivity index (χ2n) is 8.15. The molecule has 1 aliphatic carbocycles. The number of halogens is 2. The Labute approximate surface area is 180 Å². The Hall–Kier alpha value is -2.64. The Morgan fingerprint density at radius 3 is 3.00 bits per heavy atom. The number of nitrogens with two attached hydrogens (primary N) is 1. The van der Waals surface area contributed by atoms with Gasteiger partial charge in [0.25, 0.3) is 0 Å². The number of nitrogens with one attached hydrogen (secondary N) is 1. The van der Waals surface area contributed by atoms with Crippen LogP contribution in [0, 0.1) is 11.7 Å². The summed E-state index contributed by atoms with van der Waals surface area (Å²) in [5, 5.41) is 8.46. The zero-order chi connectivity index (χ0) is 21.3. The smallest absolute Gasteiger partial charge is 0.135 e. The fourth-order valence-corrected chi connectivity index (χ4v) is 4.35. The fourth-order valence-electron chi connectivity index (χ4n) is 4.19. The van der Waals surface area contributed by atoms with Crippen molar-refractivity contribution in [3.8, 4) is 0 Å². The molecule has 4 rings (SSSR count). The van der Waals surface area contributed by atoms with Crippen LogP contribution in [0.4, 0.5) is 15.8 Å². The van der Waals surface area contributed by atoms with Crippen LogP contribution in [-0.2, 0) is 0 Å². The first-order valence-electron chi connectivity index (χ1n) is 10.1. The topological polar surface area (TPSA) is 70.9 Å². The first-order chi connectivity index (χ1) is 14.4. The van der Waals surface area contributed by atoms with Crippen LogP contribution in [0.25, 0.3) is 5.52 Å². The van der Waals surface area contributed by atoms with Crippen molar-refractivity contribution in [2.24, 2.45) is 16.6 Å². The molecule has 0 aliphatic heterocycles. The fraction of sp³-hybridized carbons (Fsp3) is 0.364. The van der Waals surface area contributed by atoms with Gasteiger partial charge in [-0.3, -0.25) is 0 Å². The van der Waals surface area contributed by atoms with Crippen LogP contribution in [0.5, 0.6) is 0 Å². The third kappa shape index (κ3) is 4.42. The Bertz CT molecular complexity index is 1080. The minimum Gasteiger partial charge on any atom is -0.383 e. The summed E-state index contributed by atoms with van der Waals surface area (Å²) >= 11 is 6.17.